The zero-order chi connectivity index (χ0) is 15.2. The van der Waals surface area contributed by atoms with Crippen LogP contribution in [0.15, 0.2) is 18.2 Å². The van der Waals surface area contributed by atoms with Crippen molar-refractivity contribution in [3.05, 3.63) is 34.9 Å². The van der Waals surface area contributed by atoms with E-state index < -0.39 is 0 Å². The van der Waals surface area contributed by atoms with Crippen LogP contribution in [0.2, 0.25) is 0 Å². The van der Waals surface area contributed by atoms with Crippen LogP contribution in [-0.4, -0.2) is 47.3 Å². The predicted molar refractivity (Wildman–Crippen MR) is 80.9 cm³/mol. The van der Waals surface area contributed by atoms with Crippen molar-refractivity contribution in [1.29, 1.82) is 0 Å². The molecule has 1 aromatic carbocycles. The largest absolute Gasteiger partial charge is 0.396 e. The Balaban J connectivity index is 2.23. The van der Waals surface area contributed by atoms with E-state index in [1.165, 1.54) is 0 Å². The first-order chi connectivity index (χ1) is 10.2. The average molecular weight is 287 g/mol. The maximum Gasteiger partial charge on any atom is 0.255 e. The summed E-state index contributed by atoms with van der Waals surface area (Å²) in [4.78, 5) is 14.4. The van der Waals surface area contributed by atoms with Gasteiger partial charge in [0.25, 0.3) is 5.91 Å². The van der Waals surface area contributed by atoms with E-state index in [4.69, 9.17) is 5.11 Å². The molecular weight excluding hydrogens is 266 g/mol. The number of rotatable bonds is 3. The Kier molecular flexibility index (Phi) is 5.38. The second kappa shape index (κ2) is 7.26. The fraction of sp³-hybridized carbons (Fsp3) is 0.471. The zero-order valence-corrected chi connectivity index (χ0v) is 12.3. The Labute approximate surface area is 125 Å². The maximum atomic E-state index is 12.6. The van der Waals surface area contributed by atoms with Gasteiger partial charge in [0.1, 0.15) is 0 Å². The van der Waals surface area contributed by atoms with E-state index in [1.807, 2.05) is 25.1 Å². The van der Waals surface area contributed by atoms with Gasteiger partial charge in [-0.3, -0.25) is 4.79 Å². The van der Waals surface area contributed by atoms with Crippen LogP contribution in [-0.2, 0) is 0 Å². The third kappa shape index (κ3) is 3.84. The van der Waals surface area contributed by atoms with Crippen LogP contribution in [0.4, 0.5) is 0 Å². The van der Waals surface area contributed by atoms with Crippen LogP contribution in [0.3, 0.4) is 0 Å². The van der Waals surface area contributed by atoms with Gasteiger partial charge >= 0.3 is 0 Å². The molecule has 0 aromatic heterocycles. The Bertz CT molecular complexity index is 571. The topological polar surface area (TPSA) is 60.8 Å². The molecule has 21 heavy (non-hydrogen) atoms. The molecule has 1 aromatic rings. The van der Waals surface area contributed by atoms with E-state index in [2.05, 4.69) is 11.8 Å². The number of likely N-dealkylation sites (tertiary alicyclic amines) is 1. The first kappa shape index (κ1) is 15.6. The number of hydrogen-bond acceptors (Lipinski definition) is 3. The molecule has 1 fully saturated rings. The van der Waals surface area contributed by atoms with Gasteiger partial charge in [0.15, 0.2) is 0 Å². The molecule has 0 saturated carbocycles. The third-order valence-electron chi connectivity index (χ3n) is 3.70. The van der Waals surface area contributed by atoms with Gasteiger partial charge in [-0.05, 0) is 25.5 Å². The molecular formula is C17H21NO3. The third-order valence-corrected chi connectivity index (χ3v) is 3.70. The second-order valence-electron chi connectivity index (χ2n) is 5.41. The van der Waals surface area contributed by atoms with Gasteiger partial charge in [0, 0.05) is 37.6 Å². The quantitative estimate of drug-likeness (QED) is 0.821. The molecule has 0 aliphatic carbocycles. The minimum atomic E-state index is -0.0250. The zero-order valence-electron chi connectivity index (χ0n) is 12.3. The van der Waals surface area contributed by atoms with Crippen LogP contribution in [0.1, 0.15) is 34.3 Å². The number of benzene rings is 1. The minimum absolute atomic E-state index is 0.0203. The Morgan fingerprint density at radius 3 is 2.90 bits per heavy atom. The van der Waals surface area contributed by atoms with E-state index in [9.17, 15) is 9.90 Å². The molecule has 1 atom stereocenters. The first-order valence-corrected chi connectivity index (χ1v) is 7.26. The molecule has 1 saturated heterocycles. The van der Waals surface area contributed by atoms with Crippen molar-refractivity contribution in [2.24, 2.45) is 5.92 Å². The summed E-state index contributed by atoms with van der Waals surface area (Å²) in [5.41, 5.74) is 2.33. The van der Waals surface area contributed by atoms with Crippen molar-refractivity contribution in [3.8, 4) is 11.8 Å². The molecule has 0 bridgehead atoms. The van der Waals surface area contributed by atoms with Crippen LogP contribution >= 0.6 is 0 Å². The number of hydrogen-bond donors (Lipinski definition) is 2. The van der Waals surface area contributed by atoms with Crippen molar-refractivity contribution >= 4 is 5.91 Å². The molecule has 0 radical (unpaired) electrons. The van der Waals surface area contributed by atoms with Crippen LogP contribution in [0, 0.1) is 24.7 Å². The van der Waals surface area contributed by atoms with Gasteiger partial charge in [-0.2, -0.15) is 0 Å². The lowest BCUT2D eigenvalue weighted by Crippen LogP contribution is -2.29. The summed E-state index contributed by atoms with van der Waals surface area (Å²) >= 11 is 0. The summed E-state index contributed by atoms with van der Waals surface area (Å²) in [6.07, 6.45) is 1.25. The van der Waals surface area contributed by atoms with Gasteiger partial charge < -0.3 is 15.1 Å². The van der Waals surface area contributed by atoms with E-state index in [0.717, 1.165) is 12.0 Å². The lowest BCUT2D eigenvalue weighted by Gasteiger charge is -2.17. The maximum absolute atomic E-state index is 12.6. The highest BCUT2D eigenvalue weighted by molar-refractivity contribution is 5.97. The van der Waals surface area contributed by atoms with Crippen LogP contribution in [0.25, 0.3) is 0 Å². The number of aliphatic hydroxyl groups is 2. The molecule has 1 aliphatic heterocycles. The highest BCUT2D eigenvalue weighted by atomic mass is 16.3. The Morgan fingerprint density at radius 1 is 1.43 bits per heavy atom. The minimum Gasteiger partial charge on any atom is -0.396 e. The van der Waals surface area contributed by atoms with Crippen molar-refractivity contribution < 1.29 is 15.0 Å². The normalized spacial score (nSPS) is 17.5. The monoisotopic (exact) mass is 287 g/mol. The van der Waals surface area contributed by atoms with E-state index in [0.29, 0.717) is 30.6 Å². The summed E-state index contributed by atoms with van der Waals surface area (Å²) in [6.45, 7) is 3.38. The molecule has 1 amide bonds. The highest BCUT2D eigenvalue weighted by Gasteiger charge is 2.27. The molecule has 1 aliphatic rings. The SMILES string of the molecule is Cc1ccc(C#CCCO)c(C(=O)N2CCC(CO)C2)c1. The number of carbonyl (C=O) groups is 1. The summed E-state index contributed by atoms with van der Waals surface area (Å²) in [6, 6.07) is 5.64. The van der Waals surface area contributed by atoms with Crippen molar-refractivity contribution in [2.75, 3.05) is 26.3 Å². The average Bonchev–Trinajstić information content (AvgIpc) is 2.97. The number of aliphatic hydroxyl groups excluding tert-OH is 2. The molecule has 0 spiro atoms. The Morgan fingerprint density at radius 2 is 2.24 bits per heavy atom. The number of amides is 1. The van der Waals surface area contributed by atoms with Crippen molar-refractivity contribution in [2.45, 2.75) is 19.8 Å². The van der Waals surface area contributed by atoms with Gasteiger partial charge in [-0.15, -0.1) is 0 Å². The van der Waals surface area contributed by atoms with Crippen molar-refractivity contribution in [3.63, 3.8) is 0 Å². The van der Waals surface area contributed by atoms with Gasteiger partial charge in [0.2, 0.25) is 0 Å². The van der Waals surface area contributed by atoms with E-state index in [-0.39, 0.29) is 25.0 Å². The lowest BCUT2D eigenvalue weighted by atomic mass is 10.0. The lowest BCUT2D eigenvalue weighted by molar-refractivity contribution is 0.0781. The molecule has 2 rings (SSSR count). The molecule has 4 nitrogen and oxygen atoms in total. The molecule has 2 N–H and O–H groups in total. The summed E-state index contributed by atoms with van der Waals surface area (Å²) < 4.78 is 0. The number of nitrogens with zero attached hydrogens (tertiary/aromatic N) is 1. The van der Waals surface area contributed by atoms with Gasteiger partial charge in [0.05, 0.1) is 12.2 Å². The second-order valence-corrected chi connectivity index (χ2v) is 5.41. The predicted octanol–water partition coefficient (Wildman–Crippen LogP) is 1.18. The first-order valence-electron chi connectivity index (χ1n) is 7.26. The molecule has 1 heterocycles. The van der Waals surface area contributed by atoms with Crippen molar-refractivity contribution in [1.82, 2.24) is 4.90 Å². The fourth-order valence-electron chi connectivity index (χ4n) is 2.49. The highest BCUT2D eigenvalue weighted by Crippen LogP contribution is 2.20. The summed E-state index contributed by atoms with van der Waals surface area (Å²) in [7, 11) is 0. The molecule has 1 unspecified atom stereocenters. The van der Waals surface area contributed by atoms with Gasteiger partial charge in [-0.1, -0.05) is 23.5 Å². The van der Waals surface area contributed by atoms with Crippen LogP contribution < -0.4 is 0 Å². The number of carbonyl (C=O) groups excluding carboxylic acids is 1. The Hall–Kier alpha value is -1.83. The van der Waals surface area contributed by atoms with E-state index in [1.54, 1.807) is 4.90 Å². The van der Waals surface area contributed by atoms with E-state index >= 15 is 0 Å². The smallest absolute Gasteiger partial charge is 0.255 e. The van der Waals surface area contributed by atoms with Gasteiger partial charge in [-0.25, -0.2) is 0 Å². The standard InChI is InChI=1S/C17H21NO3/c1-13-5-6-15(4-2-3-9-19)16(10-13)17(21)18-8-7-14(11-18)12-20/h5-6,10,14,19-20H,3,7-9,11-12H2,1H3. The summed E-state index contributed by atoms with van der Waals surface area (Å²) in [5.74, 6) is 5.99. The summed E-state index contributed by atoms with van der Waals surface area (Å²) in [5, 5.41) is 18.0. The molecule has 112 valence electrons. The fourth-order valence-corrected chi connectivity index (χ4v) is 2.49. The number of aryl methyl sites for hydroxylation is 1. The van der Waals surface area contributed by atoms with Crippen LogP contribution in [0.5, 0.6) is 0 Å². The molecule has 4 heteroatoms.